The second-order valence-electron chi connectivity index (χ2n) is 5.46. The second kappa shape index (κ2) is 7.32. The molecule has 6 nitrogen and oxygen atoms in total. The number of sulfone groups is 1. The molecule has 0 spiro atoms. The largest absolute Gasteiger partial charge is 0.353 e. The zero-order chi connectivity index (χ0) is 16.9. The molecular formula is C16H19N3O3S. The molecule has 0 aliphatic carbocycles. The molecule has 1 aromatic heterocycles. The molecule has 2 rings (SSSR count). The van der Waals surface area contributed by atoms with Gasteiger partial charge in [-0.25, -0.2) is 8.42 Å². The SMILES string of the molecule is C[C@H](Cc1cnccn1)NC(=O)Cc1ccc(S(C)(=O)=O)cc1. The molecule has 0 unspecified atom stereocenters. The summed E-state index contributed by atoms with van der Waals surface area (Å²) >= 11 is 0. The summed E-state index contributed by atoms with van der Waals surface area (Å²) in [6, 6.07) is 6.28. The van der Waals surface area contributed by atoms with Gasteiger partial charge in [-0.3, -0.25) is 14.8 Å². The number of benzene rings is 1. The Balaban J connectivity index is 1.89. The molecule has 122 valence electrons. The van der Waals surface area contributed by atoms with Gasteiger partial charge < -0.3 is 5.32 Å². The van der Waals surface area contributed by atoms with Crippen molar-refractivity contribution in [3.05, 3.63) is 54.1 Å². The summed E-state index contributed by atoms with van der Waals surface area (Å²) in [5.41, 5.74) is 1.58. The van der Waals surface area contributed by atoms with Crippen molar-refractivity contribution in [3.63, 3.8) is 0 Å². The van der Waals surface area contributed by atoms with Crippen LogP contribution in [0, 0.1) is 0 Å². The lowest BCUT2D eigenvalue weighted by Crippen LogP contribution is -2.35. The van der Waals surface area contributed by atoms with E-state index in [9.17, 15) is 13.2 Å². The predicted molar refractivity (Wildman–Crippen MR) is 86.6 cm³/mol. The van der Waals surface area contributed by atoms with E-state index in [1.807, 2.05) is 6.92 Å². The number of hydrogen-bond acceptors (Lipinski definition) is 5. The molecular weight excluding hydrogens is 314 g/mol. The molecule has 0 aliphatic heterocycles. The molecule has 1 N–H and O–H groups in total. The van der Waals surface area contributed by atoms with E-state index in [0.717, 1.165) is 17.5 Å². The first-order chi connectivity index (χ1) is 10.8. The number of amides is 1. The molecule has 23 heavy (non-hydrogen) atoms. The van der Waals surface area contributed by atoms with Gasteiger partial charge >= 0.3 is 0 Å². The third-order valence-electron chi connectivity index (χ3n) is 3.26. The lowest BCUT2D eigenvalue weighted by molar-refractivity contribution is -0.121. The smallest absolute Gasteiger partial charge is 0.224 e. The molecule has 0 radical (unpaired) electrons. The number of hydrogen-bond donors (Lipinski definition) is 1. The fourth-order valence-electron chi connectivity index (χ4n) is 2.17. The van der Waals surface area contributed by atoms with Gasteiger partial charge in [0.15, 0.2) is 9.84 Å². The predicted octanol–water partition coefficient (Wildman–Crippen LogP) is 1.17. The summed E-state index contributed by atoms with van der Waals surface area (Å²) in [4.78, 5) is 20.4. The normalized spacial score (nSPS) is 12.6. The first-order valence-corrected chi connectivity index (χ1v) is 9.07. The molecule has 0 saturated carbocycles. The van der Waals surface area contributed by atoms with Crippen LogP contribution < -0.4 is 5.32 Å². The van der Waals surface area contributed by atoms with Crippen LogP contribution in [0.5, 0.6) is 0 Å². The Morgan fingerprint density at radius 2 is 1.91 bits per heavy atom. The maximum atomic E-state index is 12.0. The van der Waals surface area contributed by atoms with Crippen molar-refractivity contribution in [2.75, 3.05) is 6.26 Å². The third-order valence-corrected chi connectivity index (χ3v) is 4.38. The Labute approximate surface area is 135 Å². The molecule has 2 aromatic rings. The number of rotatable bonds is 6. The molecule has 1 atom stereocenters. The van der Waals surface area contributed by atoms with Gasteiger partial charge in [0, 0.05) is 37.3 Å². The number of nitrogens with one attached hydrogen (secondary N) is 1. The number of nitrogens with zero attached hydrogens (tertiary/aromatic N) is 2. The van der Waals surface area contributed by atoms with E-state index in [2.05, 4.69) is 15.3 Å². The fraction of sp³-hybridized carbons (Fsp3) is 0.312. The van der Waals surface area contributed by atoms with Crippen LogP contribution in [0.4, 0.5) is 0 Å². The van der Waals surface area contributed by atoms with E-state index in [-0.39, 0.29) is 23.3 Å². The average molecular weight is 333 g/mol. The van der Waals surface area contributed by atoms with Crippen LogP contribution in [0.2, 0.25) is 0 Å². The zero-order valence-corrected chi connectivity index (χ0v) is 13.9. The Morgan fingerprint density at radius 3 is 2.48 bits per heavy atom. The molecule has 0 bridgehead atoms. The summed E-state index contributed by atoms with van der Waals surface area (Å²) in [5, 5.41) is 2.90. The summed E-state index contributed by atoms with van der Waals surface area (Å²) in [5.74, 6) is -0.117. The van der Waals surface area contributed by atoms with Crippen molar-refractivity contribution in [3.8, 4) is 0 Å². The van der Waals surface area contributed by atoms with E-state index in [0.29, 0.717) is 6.42 Å². The van der Waals surface area contributed by atoms with Gasteiger partial charge in [0.2, 0.25) is 5.91 Å². The van der Waals surface area contributed by atoms with Gasteiger partial charge in [-0.1, -0.05) is 12.1 Å². The van der Waals surface area contributed by atoms with Crippen LogP contribution in [-0.2, 0) is 27.5 Å². The van der Waals surface area contributed by atoms with Crippen LogP contribution in [-0.4, -0.2) is 36.6 Å². The van der Waals surface area contributed by atoms with Crippen LogP contribution in [0.25, 0.3) is 0 Å². The third kappa shape index (κ3) is 5.45. The molecule has 1 amide bonds. The van der Waals surface area contributed by atoms with E-state index in [1.54, 1.807) is 30.7 Å². The molecule has 7 heteroatoms. The van der Waals surface area contributed by atoms with Gasteiger partial charge in [0.05, 0.1) is 17.0 Å². The van der Waals surface area contributed by atoms with Crippen molar-refractivity contribution in [1.82, 2.24) is 15.3 Å². The van der Waals surface area contributed by atoms with E-state index in [1.165, 1.54) is 12.1 Å². The van der Waals surface area contributed by atoms with Crippen LogP contribution >= 0.6 is 0 Å². The maximum Gasteiger partial charge on any atom is 0.224 e. The second-order valence-corrected chi connectivity index (χ2v) is 7.48. The van der Waals surface area contributed by atoms with Crippen LogP contribution in [0.1, 0.15) is 18.2 Å². The minimum absolute atomic E-state index is 0.0607. The Hall–Kier alpha value is -2.28. The highest BCUT2D eigenvalue weighted by atomic mass is 32.2. The highest BCUT2D eigenvalue weighted by Gasteiger charge is 2.11. The fourth-order valence-corrected chi connectivity index (χ4v) is 2.80. The minimum Gasteiger partial charge on any atom is -0.353 e. The van der Waals surface area contributed by atoms with Gasteiger partial charge in [0.1, 0.15) is 0 Å². The van der Waals surface area contributed by atoms with Crippen LogP contribution in [0.3, 0.4) is 0 Å². The quantitative estimate of drug-likeness (QED) is 0.857. The standard InChI is InChI=1S/C16H19N3O3S/c1-12(9-14-11-17-7-8-18-14)19-16(20)10-13-3-5-15(6-4-13)23(2,21)22/h3-8,11-12H,9-10H2,1-2H3,(H,19,20)/t12-/m1/s1. The Morgan fingerprint density at radius 1 is 1.22 bits per heavy atom. The van der Waals surface area contributed by atoms with Crippen molar-refractivity contribution in [2.45, 2.75) is 30.7 Å². The van der Waals surface area contributed by atoms with Gasteiger partial charge in [-0.2, -0.15) is 0 Å². The average Bonchev–Trinajstić information content (AvgIpc) is 2.47. The maximum absolute atomic E-state index is 12.0. The zero-order valence-electron chi connectivity index (χ0n) is 13.1. The number of carbonyl (C=O) groups is 1. The van der Waals surface area contributed by atoms with E-state index >= 15 is 0 Å². The van der Waals surface area contributed by atoms with E-state index < -0.39 is 9.84 Å². The van der Waals surface area contributed by atoms with E-state index in [4.69, 9.17) is 0 Å². The van der Waals surface area contributed by atoms with Gasteiger partial charge in [-0.05, 0) is 24.6 Å². The molecule has 0 fully saturated rings. The van der Waals surface area contributed by atoms with Gasteiger partial charge in [-0.15, -0.1) is 0 Å². The van der Waals surface area contributed by atoms with Crippen molar-refractivity contribution < 1.29 is 13.2 Å². The van der Waals surface area contributed by atoms with Crippen molar-refractivity contribution in [2.24, 2.45) is 0 Å². The van der Waals surface area contributed by atoms with Crippen molar-refractivity contribution in [1.29, 1.82) is 0 Å². The first-order valence-electron chi connectivity index (χ1n) is 7.18. The van der Waals surface area contributed by atoms with Gasteiger partial charge in [0.25, 0.3) is 0 Å². The number of carbonyl (C=O) groups excluding carboxylic acids is 1. The minimum atomic E-state index is -3.22. The molecule has 0 aliphatic rings. The molecule has 1 aromatic carbocycles. The Bertz CT molecular complexity index is 759. The first kappa shape index (κ1) is 17.1. The summed E-state index contributed by atoms with van der Waals surface area (Å²) in [6.07, 6.45) is 6.86. The summed E-state index contributed by atoms with van der Waals surface area (Å²) in [6.45, 7) is 1.90. The Kier molecular flexibility index (Phi) is 5.44. The highest BCUT2D eigenvalue weighted by Crippen LogP contribution is 2.11. The highest BCUT2D eigenvalue weighted by molar-refractivity contribution is 7.90. The van der Waals surface area contributed by atoms with Crippen LogP contribution in [0.15, 0.2) is 47.8 Å². The molecule has 1 heterocycles. The topological polar surface area (TPSA) is 89.0 Å². The summed E-state index contributed by atoms with van der Waals surface area (Å²) in [7, 11) is -3.22. The molecule has 0 saturated heterocycles. The number of aromatic nitrogens is 2. The lowest BCUT2D eigenvalue weighted by atomic mass is 10.1. The summed E-state index contributed by atoms with van der Waals surface area (Å²) < 4.78 is 22.8. The van der Waals surface area contributed by atoms with Crippen molar-refractivity contribution >= 4 is 15.7 Å². The monoisotopic (exact) mass is 333 g/mol. The lowest BCUT2D eigenvalue weighted by Gasteiger charge is -2.13.